The number of nitro benzene ring substituents is 2. The number of allylic oxidation sites excluding steroid dienone is 1. The molecule has 0 bridgehead atoms. The second-order valence-corrected chi connectivity index (χ2v) is 29.7. The van der Waals surface area contributed by atoms with Crippen molar-refractivity contribution in [1.29, 1.82) is 0 Å². The van der Waals surface area contributed by atoms with Crippen molar-refractivity contribution in [2.24, 2.45) is 5.10 Å². The Morgan fingerprint density at radius 2 is 0.905 bits per heavy atom. The summed E-state index contributed by atoms with van der Waals surface area (Å²) in [6.07, 6.45) is 9.83. The number of non-ortho nitro benzene ring substituents is 2. The number of Topliss-reactive ketones (excluding diaryl/α,β-unsaturated/α-hetero) is 2. The van der Waals surface area contributed by atoms with E-state index in [0.717, 1.165) is 120 Å². The van der Waals surface area contributed by atoms with Gasteiger partial charge in [0.15, 0.2) is 11.6 Å². The van der Waals surface area contributed by atoms with E-state index in [-0.39, 0.29) is 207 Å². The van der Waals surface area contributed by atoms with Gasteiger partial charge in [-0.15, -0.1) is 0 Å². The number of anilines is 6. The Balaban J connectivity index is 0.000000480. The standard InChI is InChI=1S/C24H27N3O2.C17H16N2O3.C17H18N2O.C10H10N2O3.C8H12O2.C7H7Br.C2H4O2.CH2O3.2CH4.2Cs.H/c1-24(2)19-15-18(25-26-20-11-7-4-8-12-22(20)28)13-14-21(19)27(23(24)29)16-17-9-5-3-6-10-17;1-17(2)14-10-13(19(21)22)8-9-15(14)18(16(17)20)11-12-6-4-3-5-7-12;1-17(2)14-10-13(18)8-9-15(14)19(16(17)20)11-12-6-4-3-5-7-12;1-10(2)7-5-6(12(14)15)3-4-8(7)11-9(10)13;9-6-7-4-2-1-3-5-8(7)10;8-6-7-4-2-1-3-5-7;1-2(3)4;2-1-4-3;;;;;/h3,5-6,9-10,13-15,25H,4,7-8,11-12,16H2,1-2H3;3-10H,11H2,1-2H3;3-10H,11,18H2,1-2H3;3-5H,1-2H3,(H,11,13);6,9H,1-5H2;1-5H,6H2;1H3,(H,3,4);1,3H;2*1H4;;;/q;;;;;;;;;;2*+1;-1/p-1/b26-20+;;;;7-6-;;;;;;;;. The number of rotatable bonds is 12. The summed E-state index contributed by atoms with van der Waals surface area (Å²) in [5.41, 5.74) is 20.4. The number of carboxylic acid groups (broad SMARTS) is 1. The number of carboxylic acids is 1. The van der Waals surface area contributed by atoms with Crippen molar-refractivity contribution in [1.82, 2.24) is 0 Å². The molecule has 0 radical (unpaired) electrons. The number of hydrogen-bond acceptors (Lipinski definition) is 18. The third kappa shape index (κ3) is 27.6. The number of amides is 4. The minimum absolute atomic E-state index is 0. The number of nitrogen functional groups attached to an aromatic ring is 1. The van der Waals surface area contributed by atoms with Gasteiger partial charge < -0.3 is 47.5 Å². The number of fused-ring (bicyclic) bond motifs is 4. The van der Waals surface area contributed by atoms with E-state index in [1.807, 2.05) is 197 Å². The molecular formula is C88H104BrCs2N9O16. The number of nitrogens with two attached hydrogens (primary N) is 1. The number of nitrogens with zero attached hydrogens (tertiary/aromatic N) is 6. The number of benzene rings is 8. The van der Waals surface area contributed by atoms with Gasteiger partial charge in [-0.3, -0.25) is 64.0 Å². The SMILES string of the molecule is BrCc1ccccc1.C.C.CC(=O)O.CC1(C)C(=O)N(Cc2ccccc2)c2ccc(N)cc21.CC1(C)C(=O)N(Cc2ccccc2)c2ccc(N/N=C3\CCCCCC3=O)cc21.CC1(C)C(=O)N(Cc2ccccc2)c2ccc([N+](=O)[O-])cc21.CC1(C)C(=O)Nc2ccc([N+](=O)[O-])cc21.O=C1CCCCC/C1=C/O.O=CO[O-].[Cs+].[Cs+].[H-]. The molecule has 0 unspecified atom stereocenters. The van der Waals surface area contributed by atoms with Crippen LogP contribution in [0.2, 0.25) is 0 Å². The topological polar surface area (TPSA) is 368 Å². The Kier molecular flexibility index (Phi) is 42.5. The summed E-state index contributed by atoms with van der Waals surface area (Å²) in [6.45, 7) is 17.5. The van der Waals surface area contributed by atoms with Crippen LogP contribution in [-0.4, -0.2) is 73.4 Å². The molecule has 6 aliphatic rings. The Hall–Kier alpha value is -7.93. The Bertz CT molecular complexity index is 4760. The molecule has 0 aromatic heterocycles. The van der Waals surface area contributed by atoms with Gasteiger partial charge in [-0.2, -0.15) is 5.10 Å². The second-order valence-electron chi connectivity index (χ2n) is 29.2. The first-order valence-corrected chi connectivity index (χ1v) is 37.6. The van der Waals surface area contributed by atoms with Gasteiger partial charge >= 0.3 is 138 Å². The summed E-state index contributed by atoms with van der Waals surface area (Å²) in [5, 5.41) is 54.1. The fraction of sp³-hybridized carbons (Fsp3) is 0.330. The molecule has 0 atom stereocenters. The van der Waals surface area contributed by atoms with Crippen molar-refractivity contribution in [3.63, 3.8) is 0 Å². The number of carbonyl (C=O) groups excluding carboxylic acids is 7. The van der Waals surface area contributed by atoms with Crippen LogP contribution in [0.5, 0.6) is 0 Å². The number of nitro groups is 2. The van der Waals surface area contributed by atoms with Gasteiger partial charge in [0, 0.05) is 83.4 Å². The molecule has 116 heavy (non-hydrogen) atoms. The van der Waals surface area contributed by atoms with Crippen LogP contribution in [0.15, 0.2) is 211 Å². The molecule has 6 N–H and O–H groups in total. The molecule has 8 aromatic carbocycles. The average molecular weight is 1890 g/mol. The van der Waals surface area contributed by atoms with Gasteiger partial charge in [-0.1, -0.05) is 165 Å². The monoisotopic (exact) mass is 1890 g/mol. The molecule has 2 saturated carbocycles. The van der Waals surface area contributed by atoms with Crippen molar-refractivity contribution in [2.45, 2.75) is 188 Å². The fourth-order valence-electron chi connectivity index (χ4n) is 13.2. The van der Waals surface area contributed by atoms with E-state index >= 15 is 0 Å². The number of hydrogen-bond donors (Lipinski definition) is 5. The quantitative estimate of drug-likeness (QED) is 0.00873. The van der Waals surface area contributed by atoms with Gasteiger partial charge in [-0.25, -0.2) is 0 Å². The van der Waals surface area contributed by atoms with E-state index in [1.165, 1.54) is 29.8 Å². The Labute approximate surface area is 806 Å². The van der Waals surface area contributed by atoms with Crippen LogP contribution in [-0.2, 0) is 89.9 Å². The van der Waals surface area contributed by atoms with Crippen molar-refractivity contribution in [3.8, 4) is 0 Å². The van der Waals surface area contributed by atoms with Crippen LogP contribution >= 0.6 is 15.9 Å². The van der Waals surface area contributed by atoms with Crippen molar-refractivity contribution in [2.75, 3.05) is 31.2 Å². The molecule has 4 heterocycles. The number of aliphatic hydroxyl groups excluding tert-OH is 1. The van der Waals surface area contributed by atoms with E-state index in [0.29, 0.717) is 66.3 Å². The number of aliphatic carboxylic acids is 1. The Morgan fingerprint density at radius 1 is 0.543 bits per heavy atom. The first kappa shape index (κ1) is 102. The zero-order chi connectivity index (χ0) is 82.1. The number of hydrazone groups is 1. The normalized spacial score (nSPS) is 16.1. The molecular weight excluding hydrogens is 1780 g/mol. The Morgan fingerprint density at radius 3 is 1.31 bits per heavy atom. The minimum atomic E-state index is -0.833. The van der Waals surface area contributed by atoms with Crippen molar-refractivity contribution >= 4 is 115 Å². The van der Waals surface area contributed by atoms with Crippen LogP contribution < -0.4 is 174 Å². The first-order valence-electron chi connectivity index (χ1n) is 36.5. The molecule has 4 aliphatic heterocycles. The van der Waals surface area contributed by atoms with E-state index in [9.17, 15) is 49.0 Å². The zero-order valence-electron chi connectivity index (χ0n) is 67.3. The number of halogens is 1. The van der Waals surface area contributed by atoms with Crippen molar-refractivity contribution in [3.05, 3.63) is 271 Å². The van der Waals surface area contributed by atoms with E-state index in [4.69, 9.17) is 30.8 Å². The van der Waals surface area contributed by atoms with E-state index in [1.54, 1.807) is 30.9 Å². The van der Waals surface area contributed by atoms with Crippen LogP contribution in [0, 0.1) is 20.2 Å². The van der Waals surface area contributed by atoms with Gasteiger partial charge in [0.2, 0.25) is 23.6 Å². The smallest absolute Gasteiger partial charge is 1.00 e. The summed E-state index contributed by atoms with van der Waals surface area (Å²) >= 11 is 3.36. The molecule has 4 amide bonds. The molecule has 0 spiro atoms. The van der Waals surface area contributed by atoms with Crippen LogP contribution in [0.3, 0.4) is 0 Å². The largest absolute Gasteiger partial charge is 1.00 e. The average Bonchev–Trinajstić information content (AvgIpc) is 1.61. The molecule has 2 aliphatic carbocycles. The molecule has 8 aromatic rings. The third-order valence-electron chi connectivity index (χ3n) is 19.6. The maximum Gasteiger partial charge on any atom is 1.00 e. The summed E-state index contributed by atoms with van der Waals surface area (Å²) in [4.78, 5) is 120. The first-order chi connectivity index (χ1) is 53.2. The molecule has 606 valence electrons. The predicted octanol–water partition coefficient (Wildman–Crippen LogP) is 11.6. The molecule has 25 nitrogen and oxygen atoms in total. The van der Waals surface area contributed by atoms with Crippen molar-refractivity contribution < 1.29 is 208 Å². The van der Waals surface area contributed by atoms with Crippen LogP contribution in [0.4, 0.5) is 45.5 Å². The number of nitrogens with one attached hydrogen (secondary N) is 2. The van der Waals surface area contributed by atoms with E-state index < -0.39 is 37.5 Å². The molecule has 0 saturated heterocycles. The number of carbonyl (C=O) groups is 8. The molecule has 2 fully saturated rings. The maximum absolute atomic E-state index is 13.1. The fourth-order valence-corrected chi connectivity index (χ4v) is 13.6. The van der Waals surface area contributed by atoms with Crippen LogP contribution in [0.25, 0.3) is 0 Å². The second kappa shape index (κ2) is 48.2. The number of ketones is 2. The summed E-state index contributed by atoms with van der Waals surface area (Å²) in [7, 11) is 0. The zero-order valence-corrected chi connectivity index (χ0v) is 80.4. The van der Waals surface area contributed by atoms with Gasteiger partial charge in [0.25, 0.3) is 23.8 Å². The number of alkyl halides is 1. The summed E-state index contributed by atoms with van der Waals surface area (Å²) in [5.74, 6) is -0.508. The van der Waals surface area contributed by atoms with Gasteiger partial charge in [0.1, 0.15) is 5.71 Å². The summed E-state index contributed by atoms with van der Waals surface area (Å²) < 4.78 is 0. The maximum atomic E-state index is 13.1. The third-order valence-corrected chi connectivity index (χ3v) is 20.2. The minimum Gasteiger partial charge on any atom is -1.00 e. The molecule has 14 rings (SSSR count). The number of aliphatic hydroxyl groups is 1. The van der Waals surface area contributed by atoms with E-state index in [2.05, 4.69) is 48.8 Å². The van der Waals surface area contributed by atoms with Crippen LogP contribution in [0.1, 0.15) is 187 Å². The van der Waals surface area contributed by atoms with Gasteiger partial charge in [0.05, 0.1) is 63.1 Å². The van der Waals surface area contributed by atoms with Gasteiger partial charge in [-0.05, 0) is 187 Å². The molecule has 28 heteroatoms. The summed E-state index contributed by atoms with van der Waals surface area (Å²) in [6, 6.07) is 60.7. The predicted molar refractivity (Wildman–Crippen MR) is 449 cm³/mol.